The van der Waals surface area contributed by atoms with Crippen molar-refractivity contribution in [2.24, 2.45) is 10.7 Å². The Labute approximate surface area is 151 Å². The van der Waals surface area contributed by atoms with E-state index < -0.39 is 0 Å². The van der Waals surface area contributed by atoms with Crippen molar-refractivity contribution in [2.45, 2.75) is 12.8 Å². The summed E-state index contributed by atoms with van der Waals surface area (Å²) in [4.78, 5) is 8.79. The topological polar surface area (TPSA) is 98.6 Å². The fourth-order valence-corrected chi connectivity index (χ4v) is 2.34. The number of anilines is 1. The van der Waals surface area contributed by atoms with Gasteiger partial charge in [-0.2, -0.15) is 4.98 Å². The standard InChI is InChI=1S/C19H21N5O2/c1-13(18-23-17(24-26-18)14-7-4-3-5-8-14)12-21-19(20)22-15-9-6-10-16(11-15)25-2/h3-11,13H,12H2,1-2H3,(H3,20,21,22). The van der Waals surface area contributed by atoms with E-state index in [9.17, 15) is 0 Å². The summed E-state index contributed by atoms with van der Waals surface area (Å²) >= 11 is 0. The van der Waals surface area contributed by atoms with Gasteiger partial charge < -0.3 is 20.3 Å². The maximum atomic E-state index is 5.95. The number of rotatable bonds is 6. The van der Waals surface area contributed by atoms with Crippen LogP contribution in [0.25, 0.3) is 11.4 Å². The molecule has 26 heavy (non-hydrogen) atoms. The lowest BCUT2D eigenvalue weighted by Gasteiger charge is -2.08. The average molecular weight is 351 g/mol. The van der Waals surface area contributed by atoms with Gasteiger partial charge in [-0.15, -0.1) is 0 Å². The molecule has 0 radical (unpaired) electrons. The molecule has 1 unspecified atom stereocenters. The summed E-state index contributed by atoms with van der Waals surface area (Å²) < 4.78 is 10.5. The number of hydrogen-bond acceptors (Lipinski definition) is 5. The van der Waals surface area contributed by atoms with Crippen molar-refractivity contribution < 1.29 is 9.26 Å². The molecule has 0 bridgehead atoms. The summed E-state index contributed by atoms with van der Waals surface area (Å²) in [6, 6.07) is 17.2. The van der Waals surface area contributed by atoms with E-state index >= 15 is 0 Å². The number of nitrogens with zero attached hydrogens (tertiary/aromatic N) is 3. The Morgan fingerprint density at radius 1 is 1.23 bits per heavy atom. The summed E-state index contributed by atoms with van der Waals surface area (Å²) in [6.45, 7) is 2.39. The van der Waals surface area contributed by atoms with Crippen molar-refractivity contribution in [2.75, 3.05) is 19.0 Å². The largest absolute Gasteiger partial charge is 0.497 e. The highest BCUT2D eigenvalue weighted by Gasteiger charge is 2.15. The van der Waals surface area contributed by atoms with E-state index in [-0.39, 0.29) is 5.92 Å². The van der Waals surface area contributed by atoms with Gasteiger partial charge in [-0.05, 0) is 12.1 Å². The SMILES string of the molecule is COc1cccc(NC(N)=NCC(C)c2nc(-c3ccccc3)no2)c1. The van der Waals surface area contributed by atoms with E-state index in [0.29, 0.717) is 24.2 Å². The van der Waals surface area contributed by atoms with Crippen LogP contribution in [0.2, 0.25) is 0 Å². The van der Waals surface area contributed by atoms with E-state index in [1.807, 2.05) is 61.5 Å². The minimum Gasteiger partial charge on any atom is -0.497 e. The fraction of sp³-hybridized carbons (Fsp3) is 0.211. The first kappa shape index (κ1) is 17.5. The molecule has 0 spiro atoms. The molecule has 7 nitrogen and oxygen atoms in total. The Hall–Kier alpha value is -3.35. The zero-order valence-corrected chi connectivity index (χ0v) is 14.7. The van der Waals surface area contributed by atoms with Gasteiger partial charge in [0.05, 0.1) is 19.6 Å². The molecule has 2 aromatic carbocycles. The molecule has 0 aliphatic heterocycles. The highest BCUT2D eigenvalue weighted by Crippen LogP contribution is 2.20. The number of hydrogen-bond donors (Lipinski definition) is 2. The van der Waals surface area contributed by atoms with Crippen LogP contribution in [0.3, 0.4) is 0 Å². The smallest absolute Gasteiger partial charge is 0.231 e. The minimum absolute atomic E-state index is 0.0504. The fourth-order valence-electron chi connectivity index (χ4n) is 2.34. The van der Waals surface area contributed by atoms with E-state index in [1.165, 1.54) is 0 Å². The van der Waals surface area contributed by atoms with Crippen molar-refractivity contribution in [1.29, 1.82) is 0 Å². The molecule has 0 amide bonds. The number of nitrogens with two attached hydrogens (primary N) is 1. The van der Waals surface area contributed by atoms with Crippen molar-refractivity contribution >= 4 is 11.6 Å². The third-order valence-electron chi connectivity index (χ3n) is 3.77. The minimum atomic E-state index is -0.0504. The van der Waals surface area contributed by atoms with Gasteiger partial charge in [0.15, 0.2) is 5.96 Å². The van der Waals surface area contributed by atoms with E-state index in [2.05, 4.69) is 20.4 Å². The average Bonchev–Trinajstić information content (AvgIpc) is 3.17. The van der Waals surface area contributed by atoms with Gasteiger partial charge in [0.25, 0.3) is 0 Å². The van der Waals surface area contributed by atoms with Gasteiger partial charge >= 0.3 is 0 Å². The van der Waals surface area contributed by atoms with Gasteiger partial charge in [-0.1, -0.05) is 48.5 Å². The maximum Gasteiger partial charge on any atom is 0.231 e. The second-order valence-electron chi connectivity index (χ2n) is 5.81. The summed E-state index contributed by atoms with van der Waals surface area (Å²) in [5.74, 6) is 2.11. The van der Waals surface area contributed by atoms with Crippen LogP contribution < -0.4 is 15.8 Å². The van der Waals surface area contributed by atoms with Crippen LogP contribution in [-0.4, -0.2) is 29.8 Å². The van der Waals surface area contributed by atoms with Crippen LogP contribution in [0.5, 0.6) is 5.75 Å². The molecule has 3 N–H and O–H groups in total. The predicted molar refractivity (Wildman–Crippen MR) is 101 cm³/mol. The van der Waals surface area contributed by atoms with Crippen LogP contribution >= 0.6 is 0 Å². The highest BCUT2D eigenvalue weighted by atomic mass is 16.5. The highest BCUT2D eigenvalue weighted by molar-refractivity contribution is 5.92. The Balaban J connectivity index is 1.61. The molecule has 134 valence electrons. The Kier molecular flexibility index (Phi) is 5.48. The molecule has 7 heteroatoms. The lowest BCUT2D eigenvalue weighted by molar-refractivity contribution is 0.361. The molecular formula is C19H21N5O2. The van der Waals surface area contributed by atoms with Crippen molar-refractivity contribution in [3.8, 4) is 17.1 Å². The monoisotopic (exact) mass is 351 g/mol. The van der Waals surface area contributed by atoms with Gasteiger partial charge in [-0.25, -0.2) is 0 Å². The van der Waals surface area contributed by atoms with Crippen molar-refractivity contribution in [3.63, 3.8) is 0 Å². The molecular weight excluding hydrogens is 330 g/mol. The third kappa shape index (κ3) is 4.38. The van der Waals surface area contributed by atoms with Crippen LogP contribution in [-0.2, 0) is 0 Å². The second kappa shape index (κ2) is 8.15. The van der Waals surface area contributed by atoms with Crippen LogP contribution in [0.1, 0.15) is 18.7 Å². The normalized spacial score (nSPS) is 12.6. The van der Waals surface area contributed by atoms with E-state index in [4.69, 9.17) is 15.0 Å². The first-order chi connectivity index (χ1) is 12.7. The third-order valence-corrected chi connectivity index (χ3v) is 3.77. The summed E-state index contributed by atoms with van der Waals surface area (Å²) in [5, 5.41) is 7.06. The summed E-state index contributed by atoms with van der Waals surface area (Å²) in [6.07, 6.45) is 0. The Bertz CT molecular complexity index is 876. The first-order valence-corrected chi connectivity index (χ1v) is 8.25. The van der Waals surface area contributed by atoms with E-state index in [0.717, 1.165) is 17.0 Å². The summed E-state index contributed by atoms with van der Waals surface area (Å²) in [7, 11) is 1.62. The number of benzene rings is 2. The molecule has 1 heterocycles. The van der Waals surface area contributed by atoms with Crippen LogP contribution in [0.4, 0.5) is 5.69 Å². The lowest BCUT2D eigenvalue weighted by Crippen LogP contribution is -2.23. The van der Waals surface area contributed by atoms with Crippen LogP contribution in [0.15, 0.2) is 64.1 Å². The number of methoxy groups -OCH3 is 1. The maximum absolute atomic E-state index is 5.95. The van der Waals surface area contributed by atoms with Gasteiger partial charge in [0.1, 0.15) is 5.75 Å². The number of ether oxygens (including phenoxy) is 1. The van der Waals surface area contributed by atoms with Crippen molar-refractivity contribution in [1.82, 2.24) is 10.1 Å². The molecule has 0 saturated heterocycles. The molecule has 1 aromatic heterocycles. The molecule has 0 fully saturated rings. The zero-order chi connectivity index (χ0) is 18.4. The second-order valence-corrected chi connectivity index (χ2v) is 5.81. The number of aliphatic imine (C=N–C) groups is 1. The van der Waals surface area contributed by atoms with Crippen LogP contribution in [0, 0.1) is 0 Å². The van der Waals surface area contributed by atoms with E-state index in [1.54, 1.807) is 7.11 Å². The predicted octanol–water partition coefficient (Wildman–Crippen LogP) is 3.28. The van der Waals surface area contributed by atoms with Gasteiger partial charge in [0.2, 0.25) is 11.7 Å². The van der Waals surface area contributed by atoms with Crippen molar-refractivity contribution in [3.05, 3.63) is 60.5 Å². The molecule has 0 aliphatic rings. The number of nitrogens with one attached hydrogen (secondary N) is 1. The Morgan fingerprint density at radius 3 is 2.81 bits per heavy atom. The molecule has 1 atom stereocenters. The zero-order valence-electron chi connectivity index (χ0n) is 14.7. The first-order valence-electron chi connectivity index (χ1n) is 8.25. The summed E-state index contributed by atoms with van der Waals surface area (Å²) in [5.41, 5.74) is 7.67. The molecule has 0 saturated carbocycles. The molecule has 0 aliphatic carbocycles. The number of guanidine groups is 1. The van der Waals surface area contributed by atoms with Gasteiger partial charge in [0, 0.05) is 17.3 Å². The number of aromatic nitrogens is 2. The quantitative estimate of drug-likeness (QED) is 0.522. The lowest BCUT2D eigenvalue weighted by atomic mass is 10.2. The molecule has 3 aromatic rings. The Morgan fingerprint density at radius 2 is 2.04 bits per heavy atom. The molecule has 3 rings (SSSR count). The van der Waals surface area contributed by atoms with Gasteiger partial charge in [-0.3, -0.25) is 4.99 Å².